The summed E-state index contributed by atoms with van der Waals surface area (Å²) < 4.78 is 15.2. The SMILES string of the molecule is CC(Nc1ccc(O)c(F)c1)c1ccc(Br)cc1Br. The number of benzene rings is 2. The number of hydrogen-bond donors (Lipinski definition) is 2. The zero-order valence-corrected chi connectivity index (χ0v) is 13.3. The fourth-order valence-corrected chi connectivity index (χ4v) is 3.17. The van der Waals surface area contributed by atoms with E-state index in [1.807, 2.05) is 25.1 Å². The first-order valence-corrected chi connectivity index (χ1v) is 7.26. The van der Waals surface area contributed by atoms with E-state index in [1.165, 1.54) is 12.1 Å². The van der Waals surface area contributed by atoms with Gasteiger partial charge in [0.15, 0.2) is 11.6 Å². The molecule has 0 bridgehead atoms. The first-order valence-electron chi connectivity index (χ1n) is 5.67. The Balaban J connectivity index is 2.20. The molecule has 0 fully saturated rings. The van der Waals surface area contributed by atoms with Gasteiger partial charge < -0.3 is 10.4 Å². The van der Waals surface area contributed by atoms with Crippen LogP contribution in [0.25, 0.3) is 0 Å². The van der Waals surface area contributed by atoms with Crippen molar-refractivity contribution >= 4 is 37.5 Å². The van der Waals surface area contributed by atoms with Gasteiger partial charge in [0.05, 0.1) is 0 Å². The molecule has 0 aliphatic rings. The number of rotatable bonds is 3. The van der Waals surface area contributed by atoms with Gasteiger partial charge in [-0.3, -0.25) is 0 Å². The van der Waals surface area contributed by atoms with E-state index in [1.54, 1.807) is 6.07 Å². The van der Waals surface area contributed by atoms with Gasteiger partial charge in [-0.1, -0.05) is 37.9 Å². The van der Waals surface area contributed by atoms with Gasteiger partial charge in [-0.05, 0) is 36.8 Å². The van der Waals surface area contributed by atoms with Crippen LogP contribution in [0.4, 0.5) is 10.1 Å². The number of aromatic hydroxyl groups is 1. The molecule has 2 aromatic rings. The Kier molecular flexibility index (Phi) is 4.47. The summed E-state index contributed by atoms with van der Waals surface area (Å²) in [5.41, 5.74) is 1.69. The average molecular weight is 389 g/mol. The molecule has 0 saturated carbocycles. The van der Waals surface area contributed by atoms with Crippen molar-refractivity contribution in [1.29, 1.82) is 0 Å². The van der Waals surface area contributed by atoms with E-state index in [0.717, 1.165) is 14.5 Å². The Morgan fingerprint density at radius 3 is 2.53 bits per heavy atom. The Morgan fingerprint density at radius 2 is 1.89 bits per heavy atom. The van der Waals surface area contributed by atoms with Crippen molar-refractivity contribution in [1.82, 2.24) is 0 Å². The van der Waals surface area contributed by atoms with E-state index in [0.29, 0.717) is 5.69 Å². The van der Waals surface area contributed by atoms with Gasteiger partial charge >= 0.3 is 0 Å². The molecule has 2 rings (SSSR count). The molecular formula is C14H12Br2FNO. The summed E-state index contributed by atoms with van der Waals surface area (Å²) in [6.07, 6.45) is 0. The predicted octanol–water partition coefficient (Wildman–Crippen LogP) is 5.23. The number of phenolic OH excluding ortho intramolecular Hbond substituents is 1. The molecule has 0 aliphatic carbocycles. The molecule has 2 N–H and O–H groups in total. The van der Waals surface area contributed by atoms with E-state index < -0.39 is 5.82 Å². The molecule has 0 radical (unpaired) electrons. The second kappa shape index (κ2) is 5.92. The van der Waals surface area contributed by atoms with Gasteiger partial charge in [-0.25, -0.2) is 4.39 Å². The summed E-state index contributed by atoms with van der Waals surface area (Å²) in [5.74, 6) is -0.977. The third-order valence-corrected chi connectivity index (χ3v) is 3.94. The van der Waals surface area contributed by atoms with Crippen molar-refractivity contribution in [2.45, 2.75) is 13.0 Å². The van der Waals surface area contributed by atoms with Crippen LogP contribution in [0.5, 0.6) is 5.75 Å². The standard InChI is InChI=1S/C14H12Br2FNO/c1-8(11-4-2-9(15)6-12(11)16)18-10-3-5-14(19)13(17)7-10/h2-8,18-19H,1H3. The maximum Gasteiger partial charge on any atom is 0.166 e. The Hall–Kier alpha value is -1.07. The molecule has 0 amide bonds. The maximum atomic E-state index is 13.3. The number of phenols is 1. The minimum Gasteiger partial charge on any atom is -0.505 e. The lowest BCUT2D eigenvalue weighted by Crippen LogP contribution is -2.07. The zero-order chi connectivity index (χ0) is 14.0. The molecular weight excluding hydrogens is 377 g/mol. The molecule has 0 heterocycles. The molecule has 2 aromatic carbocycles. The van der Waals surface area contributed by atoms with Crippen LogP contribution in [-0.2, 0) is 0 Å². The predicted molar refractivity (Wildman–Crippen MR) is 81.9 cm³/mol. The van der Waals surface area contributed by atoms with Gasteiger partial charge in [0.25, 0.3) is 0 Å². The minimum atomic E-state index is -0.632. The summed E-state index contributed by atoms with van der Waals surface area (Å²) in [6, 6.07) is 10.2. The number of anilines is 1. The van der Waals surface area contributed by atoms with E-state index >= 15 is 0 Å². The molecule has 100 valence electrons. The lowest BCUT2D eigenvalue weighted by Gasteiger charge is -2.17. The van der Waals surface area contributed by atoms with Gasteiger partial charge in [-0.15, -0.1) is 0 Å². The van der Waals surface area contributed by atoms with Crippen molar-refractivity contribution in [3.05, 3.63) is 56.7 Å². The molecule has 2 nitrogen and oxygen atoms in total. The second-order valence-corrected chi connectivity index (χ2v) is 5.97. The molecule has 1 atom stereocenters. The smallest absolute Gasteiger partial charge is 0.166 e. The third-order valence-electron chi connectivity index (χ3n) is 2.76. The van der Waals surface area contributed by atoms with Crippen LogP contribution in [0.15, 0.2) is 45.3 Å². The Labute approximate surface area is 127 Å². The van der Waals surface area contributed by atoms with E-state index in [2.05, 4.69) is 37.2 Å². The summed E-state index contributed by atoms with van der Waals surface area (Å²) >= 11 is 6.91. The van der Waals surface area contributed by atoms with Crippen molar-refractivity contribution < 1.29 is 9.50 Å². The second-order valence-electron chi connectivity index (χ2n) is 4.20. The van der Waals surface area contributed by atoms with Gasteiger partial charge in [0.1, 0.15) is 0 Å². The molecule has 0 spiro atoms. The van der Waals surface area contributed by atoms with Crippen LogP contribution in [-0.4, -0.2) is 5.11 Å². The maximum absolute atomic E-state index is 13.3. The van der Waals surface area contributed by atoms with Crippen LogP contribution >= 0.6 is 31.9 Å². The highest BCUT2D eigenvalue weighted by molar-refractivity contribution is 9.11. The van der Waals surface area contributed by atoms with E-state index in [9.17, 15) is 4.39 Å². The fourth-order valence-electron chi connectivity index (χ4n) is 1.78. The average Bonchev–Trinajstić information content (AvgIpc) is 2.33. The molecule has 19 heavy (non-hydrogen) atoms. The Morgan fingerprint density at radius 1 is 1.16 bits per heavy atom. The monoisotopic (exact) mass is 387 g/mol. The summed E-state index contributed by atoms with van der Waals surface area (Å²) in [4.78, 5) is 0. The fraction of sp³-hybridized carbons (Fsp3) is 0.143. The van der Waals surface area contributed by atoms with E-state index in [-0.39, 0.29) is 11.8 Å². The van der Waals surface area contributed by atoms with Crippen molar-refractivity contribution in [2.24, 2.45) is 0 Å². The number of hydrogen-bond acceptors (Lipinski definition) is 2. The molecule has 1 unspecified atom stereocenters. The molecule has 0 saturated heterocycles. The summed E-state index contributed by atoms with van der Waals surface area (Å²) in [5, 5.41) is 12.3. The first kappa shape index (κ1) is 14.3. The summed E-state index contributed by atoms with van der Waals surface area (Å²) in [6.45, 7) is 1.98. The van der Waals surface area contributed by atoms with Gasteiger partial charge in [0.2, 0.25) is 0 Å². The topological polar surface area (TPSA) is 32.3 Å². The lowest BCUT2D eigenvalue weighted by atomic mass is 10.1. The highest BCUT2D eigenvalue weighted by atomic mass is 79.9. The quantitative estimate of drug-likeness (QED) is 0.705. The molecule has 5 heteroatoms. The van der Waals surface area contributed by atoms with Gasteiger partial charge in [-0.2, -0.15) is 0 Å². The Bertz CT molecular complexity index is 604. The van der Waals surface area contributed by atoms with Crippen molar-refractivity contribution in [3.63, 3.8) is 0 Å². The highest BCUT2D eigenvalue weighted by Gasteiger charge is 2.10. The van der Waals surface area contributed by atoms with Crippen LogP contribution < -0.4 is 5.32 Å². The number of nitrogens with one attached hydrogen (secondary N) is 1. The molecule has 0 aliphatic heterocycles. The van der Waals surface area contributed by atoms with E-state index in [4.69, 9.17) is 5.11 Å². The van der Waals surface area contributed by atoms with Crippen molar-refractivity contribution in [2.75, 3.05) is 5.32 Å². The van der Waals surface area contributed by atoms with Crippen LogP contribution in [0.2, 0.25) is 0 Å². The zero-order valence-electron chi connectivity index (χ0n) is 10.1. The van der Waals surface area contributed by atoms with Crippen LogP contribution in [0.1, 0.15) is 18.5 Å². The minimum absolute atomic E-state index is 0.00594. The first-order chi connectivity index (χ1) is 8.97. The molecule has 0 aromatic heterocycles. The van der Waals surface area contributed by atoms with Crippen LogP contribution in [0.3, 0.4) is 0 Å². The van der Waals surface area contributed by atoms with Gasteiger partial charge in [0, 0.05) is 26.7 Å². The third kappa shape index (κ3) is 3.48. The highest BCUT2D eigenvalue weighted by Crippen LogP contribution is 2.29. The largest absolute Gasteiger partial charge is 0.505 e. The van der Waals surface area contributed by atoms with Crippen LogP contribution in [0, 0.1) is 5.82 Å². The lowest BCUT2D eigenvalue weighted by molar-refractivity contribution is 0.432. The normalized spacial score (nSPS) is 12.2. The van der Waals surface area contributed by atoms with Crippen molar-refractivity contribution in [3.8, 4) is 5.75 Å². The summed E-state index contributed by atoms with van der Waals surface area (Å²) in [7, 11) is 0. The number of halogens is 3.